The molecule has 0 amide bonds. The summed E-state index contributed by atoms with van der Waals surface area (Å²) in [6, 6.07) is -1.26. The van der Waals surface area contributed by atoms with E-state index in [0.717, 1.165) is 0 Å². The number of carbonyl (C=O) groups is 1. The molecule has 5 nitrogen and oxygen atoms in total. The molecule has 0 fully saturated rings. The summed E-state index contributed by atoms with van der Waals surface area (Å²) in [5, 5.41) is 8.65. The molecule has 0 spiro atoms. The molecule has 0 aromatic heterocycles. The second kappa shape index (κ2) is 6.22. The zero-order chi connectivity index (χ0) is 11.9. The molecule has 1 atom stereocenters. The Balaban J connectivity index is 4.46. The van der Waals surface area contributed by atoms with Gasteiger partial charge in [-0.1, -0.05) is 6.08 Å². The fourth-order valence-electron chi connectivity index (χ4n) is 0.811. The normalized spacial score (nSPS) is 12.7. The van der Waals surface area contributed by atoms with E-state index in [2.05, 4.69) is 12.5 Å². The Labute approximate surface area is 89.2 Å². The Bertz CT molecular complexity index is 366. The van der Waals surface area contributed by atoms with Crippen LogP contribution in [0, 0.1) is 12.3 Å². The van der Waals surface area contributed by atoms with Gasteiger partial charge in [0, 0.05) is 6.42 Å². The molecule has 0 rings (SSSR count). The summed E-state index contributed by atoms with van der Waals surface area (Å²) in [5.74, 6) is 0.628. The standard InChI is InChI=1S/C9H13NO4S/c1-3-5-7-15(13,14)10-8(6-4-2)9(11)12/h2-3,8,10H,1,5-7H2,(H,11,12). The third-order valence-corrected chi connectivity index (χ3v) is 2.95. The van der Waals surface area contributed by atoms with Gasteiger partial charge in [0.05, 0.1) is 5.75 Å². The summed E-state index contributed by atoms with van der Waals surface area (Å²) in [6.45, 7) is 3.37. The number of carboxylic acid groups (broad SMARTS) is 1. The van der Waals surface area contributed by atoms with Crippen LogP contribution in [0.25, 0.3) is 0 Å². The monoisotopic (exact) mass is 231 g/mol. The summed E-state index contributed by atoms with van der Waals surface area (Å²) in [4.78, 5) is 10.6. The third-order valence-electron chi connectivity index (χ3n) is 1.53. The van der Waals surface area contributed by atoms with Gasteiger partial charge in [0.15, 0.2) is 0 Å². The minimum Gasteiger partial charge on any atom is -0.480 e. The summed E-state index contributed by atoms with van der Waals surface area (Å²) >= 11 is 0. The first-order valence-electron chi connectivity index (χ1n) is 4.20. The van der Waals surface area contributed by atoms with E-state index in [4.69, 9.17) is 11.5 Å². The number of terminal acetylenes is 1. The predicted octanol–water partition coefficient (Wildman–Crippen LogP) is -0.0416. The molecular weight excluding hydrogens is 218 g/mol. The second-order valence-electron chi connectivity index (χ2n) is 2.81. The highest BCUT2D eigenvalue weighted by Crippen LogP contribution is 1.97. The Kier molecular flexibility index (Phi) is 5.67. The number of rotatable bonds is 7. The molecule has 1 unspecified atom stereocenters. The zero-order valence-corrected chi connectivity index (χ0v) is 8.96. The second-order valence-corrected chi connectivity index (χ2v) is 4.69. The quantitative estimate of drug-likeness (QED) is 0.475. The zero-order valence-electron chi connectivity index (χ0n) is 8.14. The molecule has 0 aliphatic carbocycles. The van der Waals surface area contributed by atoms with E-state index in [9.17, 15) is 13.2 Å². The van der Waals surface area contributed by atoms with Crippen molar-refractivity contribution in [3.05, 3.63) is 12.7 Å². The van der Waals surface area contributed by atoms with Gasteiger partial charge in [0.1, 0.15) is 6.04 Å². The molecule has 0 radical (unpaired) electrons. The first-order chi connectivity index (χ1) is 6.93. The molecule has 0 saturated carbocycles. The van der Waals surface area contributed by atoms with Gasteiger partial charge >= 0.3 is 5.97 Å². The van der Waals surface area contributed by atoms with Crippen LogP contribution < -0.4 is 4.72 Å². The lowest BCUT2D eigenvalue weighted by Crippen LogP contribution is -2.41. The van der Waals surface area contributed by atoms with Gasteiger partial charge in [-0.15, -0.1) is 18.9 Å². The predicted molar refractivity (Wildman–Crippen MR) is 56.6 cm³/mol. The van der Waals surface area contributed by atoms with Crippen molar-refractivity contribution in [2.24, 2.45) is 0 Å². The number of nitrogens with one attached hydrogen (secondary N) is 1. The molecule has 84 valence electrons. The number of hydrogen-bond acceptors (Lipinski definition) is 3. The molecule has 0 aromatic carbocycles. The van der Waals surface area contributed by atoms with Gasteiger partial charge in [-0.05, 0) is 6.42 Å². The van der Waals surface area contributed by atoms with Crippen LogP contribution in [-0.2, 0) is 14.8 Å². The summed E-state index contributed by atoms with van der Waals surface area (Å²) < 4.78 is 24.6. The lowest BCUT2D eigenvalue weighted by molar-refractivity contribution is -0.138. The molecule has 2 N–H and O–H groups in total. The van der Waals surface area contributed by atoms with Crippen molar-refractivity contribution in [3.63, 3.8) is 0 Å². The molecule has 6 heteroatoms. The average Bonchev–Trinajstić information content (AvgIpc) is 2.14. The smallest absolute Gasteiger partial charge is 0.322 e. The van der Waals surface area contributed by atoms with Crippen molar-refractivity contribution in [3.8, 4) is 12.3 Å². The first kappa shape index (κ1) is 13.7. The van der Waals surface area contributed by atoms with Crippen LogP contribution in [0.5, 0.6) is 0 Å². The van der Waals surface area contributed by atoms with Crippen LogP contribution in [0.4, 0.5) is 0 Å². The maximum Gasteiger partial charge on any atom is 0.322 e. The van der Waals surface area contributed by atoms with Gasteiger partial charge in [-0.25, -0.2) is 8.42 Å². The molecule has 0 bridgehead atoms. The van der Waals surface area contributed by atoms with Crippen LogP contribution in [0.1, 0.15) is 12.8 Å². The Morgan fingerprint density at radius 2 is 2.27 bits per heavy atom. The van der Waals surface area contributed by atoms with Crippen LogP contribution in [0.2, 0.25) is 0 Å². The van der Waals surface area contributed by atoms with E-state index in [-0.39, 0.29) is 18.6 Å². The van der Waals surface area contributed by atoms with Gasteiger partial charge in [0.2, 0.25) is 10.0 Å². The molecule has 15 heavy (non-hydrogen) atoms. The number of sulfonamides is 1. The highest BCUT2D eigenvalue weighted by molar-refractivity contribution is 7.89. The maximum atomic E-state index is 11.3. The van der Waals surface area contributed by atoms with Crippen LogP contribution in [-0.4, -0.2) is 31.3 Å². The van der Waals surface area contributed by atoms with E-state index in [1.54, 1.807) is 0 Å². The van der Waals surface area contributed by atoms with Gasteiger partial charge in [-0.3, -0.25) is 4.79 Å². The first-order valence-corrected chi connectivity index (χ1v) is 5.85. The topological polar surface area (TPSA) is 83.5 Å². The highest BCUT2D eigenvalue weighted by atomic mass is 32.2. The van der Waals surface area contributed by atoms with Crippen LogP contribution in [0.15, 0.2) is 12.7 Å². The van der Waals surface area contributed by atoms with Crippen molar-refractivity contribution in [1.29, 1.82) is 0 Å². The van der Waals surface area contributed by atoms with Crippen molar-refractivity contribution < 1.29 is 18.3 Å². The lowest BCUT2D eigenvalue weighted by Gasteiger charge is -2.11. The molecule has 0 heterocycles. The fourth-order valence-corrected chi connectivity index (χ4v) is 2.02. The SMILES string of the molecule is C#CCC(NS(=O)(=O)CCC=C)C(=O)O. The summed E-state index contributed by atoms with van der Waals surface area (Å²) in [5.41, 5.74) is 0. The number of hydrogen-bond donors (Lipinski definition) is 2. The lowest BCUT2D eigenvalue weighted by atomic mass is 10.2. The van der Waals surface area contributed by atoms with Crippen LogP contribution in [0.3, 0.4) is 0 Å². The van der Waals surface area contributed by atoms with Gasteiger partial charge < -0.3 is 5.11 Å². The van der Waals surface area contributed by atoms with Crippen molar-refractivity contribution in [2.75, 3.05) is 5.75 Å². The number of aliphatic carboxylic acids is 1. The van der Waals surface area contributed by atoms with E-state index in [0.29, 0.717) is 0 Å². The van der Waals surface area contributed by atoms with E-state index in [1.165, 1.54) is 6.08 Å². The molecular formula is C9H13NO4S. The van der Waals surface area contributed by atoms with E-state index in [1.807, 2.05) is 4.72 Å². The average molecular weight is 231 g/mol. The summed E-state index contributed by atoms with van der Waals surface area (Å²) in [6.07, 6.45) is 6.45. The fraction of sp³-hybridized carbons (Fsp3) is 0.444. The Hall–Kier alpha value is -1.32. The molecule has 0 saturated heterocycles. The number of carboxylic acids is 1. The van der Waals surface area contributed by atoms with Crippen molar-refractivity contribution >= 4 is 16.0 Å². The van der Waals surface area contributed by atoms with Crippen molar-refractivity contribution in [2.45, 2.75) is 18.9 Å². The Morgan fingerprint density at radius 3 is 2.67 bits per heavy atom. The minimum absolute atomic E-state index is 0.178. The van der Waals surface area contributed by atoms with E-state index < -0.39 is 22.0 Å². The number of allylic oxidation sites excluding steroid dienone is 1. The third kappa shape index (κ3) is 5.88. The minimum atomic E-state index is -3.61. The summed E-state index contributed by atoms with van der Waals surface area (Å²) in [7, 11) is -3.61. The largest absolute Gasteiger partial charge is 0.480 e. The molecule has 0 aliphatic rings. The van der Waals surface area contributed by atoms with E-state index >= 15 is 0 Å². The van der Waals surface area contributed by atoms with Crippen molar-refractivity contribution in [1.82, 2.24) is 4.72 Å². The van der Waals surface area contributed by atoms with Gasteiger partial charge in [0.25, 0.3) is 0 Å². The molecule has 0 aromatic rings. The highest BCUT2D eigenvalue weighted by Gasteiger charge is 2.22. The Morgan fingerprint density at radius 1 is 1.67 bits per heavy atom. The van der Waals surface area contributed by atoms with Crippen LogP contribution >= 0.6 is 0 Å². The van der Waals surface area contributed by atoms with Gasteiger partial charge in [-0.2, -0.15) is 4.72 Å². The maximum absolute atomic E-state index is 11.3. The molecule has 0 aliphatic heterocycles.